The molecule has 19 heavy (non-hydrogen) atoms. The minimum atomic E-state index is -0.584. The summed E-state index contributed by atoms with van der Waals surface area (Å²) >= 11 is 0. The fourth-order valence-corrected chi connectivity index (χ4v) is 3.65. The standard InChI is InChI=1S/C15H30N2O2/c1-17(11-13-5-9-19-10-6-13)8-4-14-3-2-7-15(14,18)12-16/h13-14,18H,2-12,16H2,1H3. The van der Waals surface area contributed by atoms with Crippen molar-refractivity contribution >= 4 is 0 Å². The summed E-state index contributed by atoms with van der Waals surface area (Å²) in [7, 11) is 2.20. The first-order valence-electron chi connectivity index (χ1n) is 7.83. The van der Waals surface area contributed by atoms with Gasteiger partial charge in [0, 0.05) is 26.3 Å². The van der Waals surface area contributed by atoms with Crippen molar-refractivity contribution in [3.05, 3.63) is 0 Å². The molecule has 2 fully saturated rings. The van der Waals surface area contributed by atoms with Gasteiger partial charge < -0.3 is 20.5 Å². The number of hydrogen-bond acceptors (Lipinski definition) is 4. The van der Waals surface area contributed by atoms with E-state index in [1.807, 2.05) is 0 Å². The molecular weight excluding hydrogens is 240 g/mol. The SMILES string of the molecule is CN(CCC1CCCC1(O)CN)CC1CCOCC1. The van der Waals surface area contributed by atoms with Crippen molar-refractivity contribution in [3.63, 3.8) is 0 Å². The topological polar surface area (TPSA) is 58.7 Å². The lowest BCUT2D eigenvalue weighted by Crippen LogP contribution is -2.42. The Morgan fingerprint density at radius 3 is 2.74 bits per heavy atom. The summed E-state index contributed by atoms with van der Waals surface area (Å²) in [5.74, 6) is 1.19. The molecule has 1 saturated heterocycles. The number of ether oxygens (including phenoxy) is 1. The maximum Gasteiger partial charge on any atom is 0.0797 e. The van der Waals surface area contributed by atoms with E-state index in [4.69, 9.17) is 10.5 Å². The molecule has 2 unspecified atom stereocenters. The maximum atomic E-state index is 10.4. The van der Waals surface area contributed by atoms with Crippen LogP contribution in [0.25, 0.3) is 0 Å². The molecule has 4 nitrogen and oxygen atoms in total. The van der Waals surface area contributed by atoms with Crippen LogP contribution >= 0.6 is 0 Å². The summed E-state index contributed by atoms with van der Waals surface area (Å²) in [6.07, 6.45) is 6.62. The molecule has 0 aromatic carbocycles. The molecule has 0 aromatic rings. The average molecular weight is 270 g/mol. The van der Waals surface area contributed by atoms with E-state index in [1.165, 1.54) is 12.8 Å². The Morgan fingerprint density at radius 2 is 2.05 bits per heavy atom. The molecule has 1 heterocycles. The third-order valence-corrected chi connectivity index (χ3v) is 5.05. The summed E-state index contributed by atoms with van der Waals surface area (Å²) < 4.78 is 5.40. The van der Waals surface area contributed by atoms with Gasteiger partial charge in [-0.15, -0.1) is 0 Å². The zero-order valence-electron chi connectivity index (χ0n) is 12.3. The third-order valence-electron chi connectivity index (χ3n) is 5.05. The fourth-order valence-electron chi connectivity index (χ4n) is 3.65. The van der Waals surface area contributed by atoms with E-state index in [9.17, 15) is 5.11 Å². The lowest BCUT2D eigenvalue weighted by atomic mass is 9.88. The summed E-state index contributed by atoms with van der Waals surface area (Å²) in [5.41, 5.74) is 5.15. The molecule has 2 rings (SSSR count). The molecule has 1 aliphatic carbocycles. The smallest absolute Gasteiger partial charge is 0.0797 e. The normalized spacial score (nSPS) is 33.2. The molecule has 0 radical (unpaired) electrons. The number of aliphatic hydroxyl groups is 1. The number of hydrogen-bond donors (Lipinski definition) is 2. The molecule has 1 saturated carbocycles. The second-order valence-corrected chi connectivity index (χ2v) is 6.50. The van der Waals surface area contributed by atoms with E-state index in [0.29, 0.717) is 12.5 Å². The Balaban J connectivity index is 1.69. The van der Waals surface area contributed by atoms with Gasteiger partial charge in [0.2, 0.25) is 0 Å². The minimum Gasteiger partial charge on any atom is -0.388 e. The zero-order chi connectivity index (χ0) is 13.7. The van der Waals surface area contributed by atoms with Gasteiger partial charge in [-0.1, -0.05) is 6.42 Å². The van der Waals surface area contributed by atoms with Gasteiger partial charge in [0.25, 0.3) is 0 Å². The Kier molecular flexibility index (Phi) is 5.63. The van der Waals surface area contributed by atoms with Crippen molar-refractivity contribution < 1.29 is 9.84 Å². The lowest BCUT2D eigenvalue weighted by Gasteiger charge is -2.31. The number of nitrogens with two attached hydrogens (primary N) is 1. The van der Waals surface area contributed by atoms with Crippen LogP contribution in [0.2, 0.25) is 0 Å². The molecule has 112 valence electrons. The number of rotatable bonds is 6. The van der Waals surface area contributed by atoms with Gasteiger partial charge in [0.05, 0.1) is 5.60 Å². The van der Waals surface area contributed by atoms with Crippen molar-refractivity contribution in [3.8, 4) is 0 Å². The van der Waals surface area contributed by atoms with Crippen molar-refractivity contribution in [1.82, 2.24) is 4.90 Å². The van der Waals surface area contributed by atoms with Crippen LogP contribution in [0.5, 0.6) is 0 Å². The number of nitrogens with zero attached hydrogens (tertiary/aromatic N) is 1. The van der Waals surface area contributed by atoms with E-state index in [0.717, 1.165) is 57.9 Å². The second kappa shape index (κ2) is 7.02. The predicted molar refractivity (Wildman–Crippen MR) is 77.0 cm³/mol. The van der Waals surface area contributed by atoms with Gasteiger partial charge in [-0.2, -0.15) is 0 Å². The first-order valence-corrected chi connectivity index (χ1v) is 7.83. The minimum absolute atomic E-state index is 0.398. The lowest BCUT2D eigenvalue weighted by molar-refractivity contribution is 0.00386. The summed E-state index contributed by atoms with van der Waals surface area (Å²) in [6.45, 7) is 4.50. The van der Waals surface area contributed by atoms with Crippen LogP contribution in [-0.2, 0) is 4.74 Å². The van der Waals surface area contributed by atoms with Gasteiger partial charge in [-0.25, -0.2) is 0 Å². The maximum absolute atomic E-state index is 10.4. The molecule has 0 amide bonds. The van der Waals surface area contributed by atoms with Crippen LogP contribution < -0.4 is 5.73 Å². The van der Waals surface area contributed by atoms with Crippen LogP contribution in [0, 0.1) is 11.8 Å². The molecule has 0 aromatic heterocycles. The molecule has 2 atom stereocenters. The van der Waals surface area contributed by atoms with Crippen molar-refractivity contribution in [2.24, 2.45) is 17.6 Å². The van der Waals surface area contributed by atoms with Gasteiger partial charge in [0.1, 0.15) is 0 Å². The highest BCUT2D eigenvalue weighted by Crippen LogP contribution is 2.37. The van der Waals surface area contributed by atoms with Gasteiger partial charge >= 0.3 is 0 Å². The van der Waals surface area contributed by atoms with Crippen molar-refractivity contribution in [2.75, 3.05) is 39.9 Å². The fraction of sp³-hybridized carbons (Fsp3) is 1.00. The van der Waals surface area contributed by atoms with Crippen LogP contribution in [0.4, 0.5) is 0 Å². The van der Waals surface area contributed by atoms with E-state index in [-0.39, 0.29) is 0 Å². The van der Waals surface area contributed by atoms with Gasteiger partial charge in [-0.3, -0.25) is 0 Å². The zero-order valence-corrected chi connectivity index (χ0v) is 12.3. The second-order valence-electron chi connectivity index (χ2n) is 6.50. The Morgan fingerprint density at radius 1 is 1.32 bits per heavy atom. The highest BCUT2D eigenvalue weighted by Gasteiger charge is 2.39. The van der Waals surface area contributed by atoms with Crippen LogP contribution in [-0.4, -0.2) is 55.5 Å². The molecule has 2 aliphatic rings. The van der Waals surface area contributed by atoms with E-state index >= 15 is 0 Å². The van der Waals surface area contributed by atoms with Crippen LogP contribution in [0.15, 0.2) is 0 Å². The molecule has 0 spiro atoms. The Labute approximate surface area is 117 Å². The third kappa shape index (κ3) is 4.15. The van der Waals surface area contributed by atoms with Crippen LogP contribution in [0.1, 0.15) is 38.5 Å². The predicted octanol–water partition coefficient (Wildman–Crippen LogP) is 1.22. The van der Waals surface area contributed by atoms with Crippen molar-refractivity contribution in [1.29, 1.82) is 0 Å². The van der Waals surface area contributed by atoms with Crippen LogP contribution in [0.3, 0.4) is 0 Å². The van der Waals surface area contributed by atoms with E-state index in [2.05, 4.69) is 11.9 Å². The Bertz CT molecular complexity index is 269. The summed E-state index contributed by atoms with van der Waals surface area (Å²) in [4.78, 5) is 2.42. The molecular formula is C15H30N2O2. The van der Waals surface area contributed by atoms with Gasteiger partial charge in [0.15, 0.2) is 0 Å². The largest absolute Gasteiger partial charge is 0.388 e. The highest BCUT2D eigenvalue weighted by molar-refractivity contribution is 4.93. The molecule has 0 bridgehead atoms. The molecule has 3 N–H and O–H groups in total. The first kappa shape index (κ1) is 15.2. The average Bonchev–Trinajstić information content (AvgIpc) is 2.80. The van der Waals surface area contributed by atoms with Gasteiger partial charge in [-0.05, 0) is 57.5 Å². The Hall–Kier alpha value is -0.160. The van der Waals surface area contributed by atoms with Crippen molar-refractivity contribution in [2.45, 2.75) is 44.1 Å². The highest BCUT2D eigenvalue weighted by atomic mass is 16.5. The van der Waals surface area contributed by atoms with E-state index in [1.54, 1.807) is 0 Å². The molecule has 4 heteroatoms. The monoisotopic (exact) mass is 270 g/mol. The van der Waals surface area contributed by atoms with E-state index < -0.39 is 5.60 Å². The summed E-state index contributed by atoms with van der Waals surface area (Å²) in [5, 5.41) is 10.4. The molecule has 1 aliphatic heterocycles. The summed E-state index contributed by atoms with van der Waals surface area (Å²) in [6, 6.07) is 0. The quantitative estimate of drug-likeness (QED) is 0.762. The first-order chi connectivity index (χ1) is 9.14.